The van der Waals surface area contributed by atoms with E-state index >= 15 is 0 Å². The predicted molar refractivity (Wildman–Crippen MR) is 65.6 cm³/mol. The number of carboxylic acid groups (broad SMARTS) is 1. The molecule has 0 saturated carbocycles. The molecule has 17 heavy (non-hydrogen) atoms. The SMILES string of the molecule is C#CCN(CC(=O)O)C(=O)N(C)C(C)(C)CC. The Balaban J connectivity index is 4.84. The van der Waals surface area contributed by atoms with Crippen LogP contribution >= 0.6 is 0 Å². The van der Waals surface area contributed by atoms with Gasteiger partial charge in [0.1, 0.15) is 6.54 Å². The van der Waals surface area contributed by atoms with Gasteiger partial charge in [-0.15, -0.1) is 6.42 Å². The fourth-order valence-corrected chi connectivity index (χ4v) is 1.17. The van der Waals surface area contributed by atoms with Gasteiger partial charge in [-0.3, -0.25) is 4.79 Å². The lowest BCUT2D eigenvalue weighted by Gasteiger charge is -2.37. The third-order valence-corrected chi connectivity index (χ3v) is 2.94. The third-order valence-electron chi connectivity index (χ3n) is 2.94. The van der Waals surface area contributed by atoms with Crippen molar-refractivity contribution in [2.24, 2.45) is 0 Å². The zero-order chi connectivity index (χ0) is 13.6. The average Bonchev–Trinajstić information content (AvgIpc) is 2.26. The molecule has 0 bridgehead atoms. The van der Waals surface area contributed by atoms with Gasteiger partial charge in [-0.25, -0.2) is 4.79 Å². The second-order valence-corrected chi connectivity index (χ2v) is 4.46. The van der Waals surface area contributed by atoms with Crippen LogP contribution in [0.5, 0.6) is 0 Å². The molecule has 0 aromatic rings. The standard InChI is InChI=1S/C12H20N2O3/c1-6-8-14(9-10(15)16)11(17)13(5)12(3,4)7-2/h1H,7-9H2,2-5H3,(H,15,16). The van der Waals surface area contributed by atoms with Crippen LogP contribution in [0.1, 0.15) is 27.2 Å². The summed E-state index contributed by atoms with van der Waals surface area (Å²) in [5.74, 6) is 1.22. The van der Waals surface area contributed by atoms with Crippen molar-refractivity contribution < 1.29 is 14.7 Å². The normalized spacial score (nSPS) is 10.5. The molecule has 0 aliphatic rings. The highest BCUT2D eigenvalue weighted by molar-refractivity contribution is 5.80. The van der Waals surface area contributed by atoms with Gasteiger partial charge in [0.15, 0.2) is 0 Å². The first kappa shape index (κ1) is 15.3. The van der Waals surface area contributed by atoms with Crippen molar-refractivity contribution in [2.75, 3.05) is 20.1 Å². The minimum absolute atomic E-state index is 0.00469. The fourth-order valence-electron chi connectivity index (χ4n) is 1.17. The number of carboxylic acids is 1. The first-order valence-electron chi connectivity index (χ1n) is 5.44. The van der Waals surface area contributed by atoms with Gasteiger partial charge in [-0.1, -0.05) is 12.8 Å². The van der Waals surface area contributed by atoms with Crippen molar-refractivity contribution in [1.82, 2.24) is 9.80 Å². The highest BCUT2D eigenvalue weighted by Gasteiger charge is 2.29. The highest BCUT2D eigenvalue weighted by atomic mass is 16.4. The molecule has 0 radical (unpaired) electrons. The maximum absolute atomic E-state index is 12.1. The summed E-state index contributed by atoms with van der Waals surface area (Å²) >= 11 is 0. The van der Waals surface area contributed by atoms with Crippen molar-refractivity contribution in [3.8, 4) is 12.3 Å². The van der Waals surface area contributed by atoms with E-state index in [-0.39, 0.29) is 24.7 Å². The molecule has 5 heteroatoms. The smallest absolute Gasteiger partial charge is 0.323 e. The van der Waals surface area contributed by atoms with Crippen LogP contribution in [-0.4, -0.2) is 52.6 Å². The van der Waals surface area contributed by atoms with E-state index in [9.17, 15) is 9.59 Å². The molecule has 0 atom stereocenters. The van der Waals surface area contributed by atoms with E-state index in [1.807, 2.05) is 20.8 Å². The summed E-state index contributed by atoms with van der Waals surface area (Å²) in [6.45, 7) is 5.41. The van der Waals surface area contributed by atoms with E-state index in [1.54, 1.807) is 7.05 Å². The fraction of sp³-hybridized carbons (Fsp3) is 0.667. The Bertz CT molecular complexity index is 331. The summed E-state index contributed by atoms with van der Waals surface area (Å²) < 4.78 is 0. The van der Waals surface area contributed by atoms with Gasteiger partial charge in [0.2, 0.25) is 0 Å². The van der Waals surface area contributed by atoms with Crippen molar-refractivity contribution in [3.05, 3.63) is 0 Å². The number of aliphatic carboxylic acids is 1. The Labute approximate surface area is 102 Å². The van der Waals surface area contributed by atoms with E-state index < -0.39 is 5.97 Å². The molecule has 0 spiro atoms. The molecule has 0 aromatic carbocycles. The maximum Gasteiger partial charge on any atom is 0.323 e. The van der Waals surface area contributed by atoms with Crippen LogP contribution in [0.25, 0.3) is 0 Å². The van der Waals surface area contributed by atoms with Gasteiger partial charge >= 0.3 is 12.0 Å². The number of amides is 2. The van der Waals surface area contributed by atoms with Crippen molar-refractivity contribution >= 4 is 12.0 Å². The van der Waals surface area contributed by atoms with Crippen LogP contribution in [0.4, 0.5) is 4.79 Å². The minimum Gasteiger partial charge on any atom is -0.480 e. The van der Waals surface area contributed by atoms with E-state index in [0.29, 0.717) is 0 Å². The highest BCUT2D eigenvalue weighted by Crippen LogP contribution is 2.17. The number of rotatable bonds is 5. The maximum atomic E-state index is 12.1. The first-order chi connectivity index (χ1) is 7.76. The number of carbonyl (C=O) groups is 2. The van der Waals surface area contributed by atoms with Crippen molar-refractivity contribution in [3.63, 3.8) is 0 Å². The monoisotopic (exact) mass is 240 g/mol. The number of hydrogen-bond acceptors (Lipinski definition) is 2. The number of nitrogens with zero attached hydrogens (tertiary/aromatic N) is 2. The Hall–Kier alpha value is -1.70. The van der Waals surface area contributed by atoms with Crippen molar-refractivity contribution in [1.29, 1.82) is 0 Å². The molecule has 0 aliphatic carbocycles. The molecule has 96 valence electrons. The van der Waals surface area contributed by atoms with E-state index in [0.717, 1.165) is 11.3 Å². The molecule has 1 N–H and O–H groups in total. The average molecular weight is 240 g/mol. The molecular formula is C12H20N2O3. The number of hydrogen-bond donors (Lipinski definition) is 1. The van der Waals surface area contributed by atoms with Crippen LogP contribution in [0.2, 0.25) is 0 Å². The van der Waals surface area contributed by atoms with Crippen LogP contribution in [0.15, 0.2) is 0 Å². The lowest BCUT2D eigenvalue weighted by atomic mass is 10.0. The van der Waals surface area contributed by atoms with E-state index in [4.69, 9.17) is 11.5 Å². The molecule has 2 amide bonds. The molecule has 5 nitrogen and oxygen atoms in total. The summed E-state index contributed by atoms with van der Waals surface area (Å²) in [4.78, 5) is 25.4. The molecule has 0 aromatic heterocycles. The van der Waals surface area contributed by atoms with Gasteiger partial charge in [0.05, 0.1) is 6.54 Å². The zero-order valence-electron chi connectivity index (χ0n) is 10.9. The Morgan fingerprint density at radius 2 is 1.94 bits per heavy atom. The number of urea groups is 1. The molecule has 0 heterocycles. The number of terminal acetylenes is 1. The van der Waals surface area contributed by atoms with Crippen LogP contribution in [0.3, 0.4) is 0 Å². The first-order valence-corrected chi connectivity index (χ1v) is 5.44. The molecule has 0 aliphatic heterocycles. The molecule has 0 saturated heterocycles. The topological polar surface area (TPSA) is 60.9 Å². The summed E-state index contributed by atoms with van der Waals surface area (Å²) in [5, 5.41) is 8.72. The zero-order valence-corrected chi connectivity index (χ0v) is 10.9. The largest absolute Gasteiger partial charge is 0.480 e. The number of carbonyl (C=O) groups excluding carboxylic acids is 1. The summed E-state index contributed by atoms with van der Waals surface area (Å²) in [5.41, 5.74) is -0.331. The van der Waals surface area contributed by atoms with Crippen molar-refractivity contribution in [2.45, 2.75) is 32.7 Å². The third kappa shape index (κ3) is 4.35. The van der Waals surface area contributed by atoms with Crippen LogP contribution in [0, 0.1) is 12.3 Å². The molecular weight excluding hydrogens is 220 g/mol. The Morgan fingerprint density at radius 3 is 2.29 bits per heavy atom. The molecule has 0 fully saturated rings. The van der Waals surface area contributed by atoms with Gasteiger partial charge in [0, 0.05) is 12.6 Å². The van der Waals surface area contributed by atoms with Gasteiger partial charge in [-0.2, -0.15) is 0 Å². The van der Waals surface area contributed by atoms with E-state index in [2.05, 4.69) is 5.92 Å². The molecule has 0 unspecified atom stereocenters. The lowest BCUT2D eigenvalue weighted by Crippen LogP contribution is -2.52. The van der Waals surface area contributed by atoms with Gasteiger partial charge in [-0.05, 0) is 20.3 Å². The van der Waals surface area contributed by atoms with Crippen LogP contribution in [-0.2, 0) is 4.79 Å². The Kier molecular flexibility index (Phi) is 5.52. The predicted octanol–water partition coefficient (Wildman–Crippen LogP) is 1.25. The van der Waals surface area contributed by atoms with Gasteiger partial charge in [0.25, 0.3) is 0 Å². The Morgan fingerprint density at radius 1 is 1.41 bits per heavy atom. The van der Waals surface area contributed by atoms with Crippen LogP contribution < -0.4 is 0 Å². The summed E-state index contributed by atoms with van der Waals surface area (Å²) in [6.07, 6.45) is 5.90. The quantitative estimate of drug-likeness (QED) is 0.736. The minimum atomic E-state index is -1.07. The molecule has 0 rings (SSSR count). The van der Waals surface area contributed by atoms with E-state index in [1.165, 1.54) is 4.90 Å². The summed E-state index contributed by atoms with van der Waals surface area (Å²) in [7, 11) is 1.65. The lowest BCUT2D eigenvalue weighted by molar-refractivity contribution is -0.137. The second-order valence-electron chi connectivity index (χ2n) is 4.46. The second kappa shape index (κ2) is 6.14. The summed E-state index contributed by atoms with van der Waals surface area (Å²) in [6, 6.07) is -0.364. The van der Waals surface area contributed by atoms with Gasteiger partial charge < -0.3 is 14.9 Å².